The first-order chi connectivity index (χ1) is 15.2. The molecule has 2 amide bonds. The standard InChI is InChI=1S/C23H21N5O3/c24-13-17(23(30)26-19-4-3-7-25-14-19)12-18-15-28(21-6-2-1-5-20(18)21)16-22(29)27-8-10-31-11-9-27/h1-7,12,14-15H,8-11,16H2,(H,26,30)/b17-12+. The predicted octanol–water partition coefficient (Wildman–Crippen LogP) is 2.44. The van der Waals surface area contributed by atoms with E-state index in [1.807, 2.05) is 34.9 Å². The fourth-order valence-corrected chi connectivity index (χ4v) is 3.52. The van der Waals surface area contributed by atoms with E-state index in [1.54, 1.807) is 35.5 Å². The van der Waals surface area contributed by atoms with Gasteiger partial charge >= 0.3 is 0 Å². The lowest BCUT2D eigenvalue weighted by atomic mass is 10.1. The Bertz CT molecular complexity index is 1170. The number of pyridine rings is 1. The molecular weight excluding hydrogens is 394 g/mol. The number of hydrogen-bond donors (Lipinski definition) is 1. The molecule has 1 fully saturated rings. The largest absolute Gasteiger partial charge is 0.378 e. The molecule has 0 spiro atoms. The molecule has 0 unspecified atom stereocenters. The number of anilines is 1. The number of carbonyl (C=O) groups excluding carboxylic acids is 2. The van der Waals surface area contributed by atoms with E-state index in [2.05, 4.69) is 10.3 Å². The number of aromatic nitrogens is 2. The minimum absolute atomic E-state index is 0.00871. The molecule has 0 bridgehead atoms. The third-order valence-electron chi connectivity index (χ3n) is 5.07. The lowest BCUT2D eigenvalue weighted by Crippen LogP contribution is -2.42. The van der Waals surface area contributed by atoms with Gasteiger partial charge in [-0.25, -0.2) is 0 Å². The SMILES string of the molecule is N#C/C(=C\c1cn(CC(=O)N2CCOCC2)c2ccccc12)C(=O)Nc1cccnc1. The molecule has 31 heavy (non-hydrogen) atoms. The smallest absolute Gasteiger partial charge is 0.266 e. The summed E-state index contributed by atoms with van der Waals surface area (Å²) in [4.78, 5) is 31.0. The summed E-state index contributed by atoms with van der Waals surface area (Å²) in [5.41, 5.74) is 2.03. The molecule has 0 radical (unpaired) electrons. The van der Waals surface area contributed by atoms with Crippen molar-refractivity contribution in [2.45, 2.75) is 6.54 Å². The summed E-state index contributed by atoms with van der Waals surface area (Å²) >= 11 is 0. The highest BCUT2D eigenvalue weighted by Crippen LogP contribution is 2.24. The molecule has 3 aromatic rings. The number of ether oxygens (including phenoxy) is 1. The van der Waals surface area contributed by atoms with Gasteiger partial charge in [-0.15, -0.1) is 0 Å². The fourth-order valence-electron chi connectivity index (χ4n) is 3.52. The molecule has 3 heterocycles. The van der Waals surface area contributed by atoms with Crippen molar-refractivity contribution in [3.8, 4) is 6.07 Å². The van der Waals surface area contributed by atoms with Gasteiger partial charge in [0.25, 0.3) is 5.91 Å². The van der Waals surface area contributed by atoms with E-state index in [-0.39, 0.29) is 18.0 Å². The zero-order valence-electron chi connectivity index (χ0n) is 16.8. The molecular formula is C23H21N5O3. The molecule has 0 aliphatic carbocycles. The maximum absolute atomic E-state index is 12.7. The van der Waals surface area contributed by atoms with Crippen LogP contribution in [0.5, 0.6) is 0 Å². The normalized spacial score (nSPS) is 14.3. The Morgan fingerprint density at radius 1 is 1.19 bits per heavy atom. The molecule has 1 aromatic carbocycles. The highest BCUT2D eigenvalue weighted by molar-refractivity contribution is 6.10. The van der Waals surface area contributed by atoms with Crippen LogP contribution in [0.1, 0.15) is 5.56 Å². The number of nitrogens with zero attached hydrogens (tertiary/aromatic N) is 4. The monoisotopic (exact) mass is 415 g/mol. The lowest BCUT2D eigenvalue weighted by molar-refractivity contribution is -0.135. The van der Waals surface area contributed by atoms with E-state index in [9.17, 15) is 14.9 Å². The molecule has 4 rings (SSSR count). The van der Waals surface area contributed by atoms with Crippen molar-refractivity contribution in [1.29, 1.82) is 5.26 Å². The zero-order valence-corrected chi connectivity index (χ0v) is 16.8. The van der Waals surface area contributed by atoms with Gasteiger partial charge in [0.2, 0.25) is 5.91 Å². The highest BCUT2D eigenvalue weighted by atomic mass is 16.5. The van der Waals surface area contributed by atoms with Gasteiger partial charge in [-0.05, 0) is 24.3 Å². The first-order valence-corrected chi connectivity index (χ1v) is 9.92. The van der Waals surface area contributed by atoms with Crippen molar-refractivity contribution < 1.29 is 14.3 Å². The second kappa shape index (κ2) is 9.24. The van der Waals surface area contributed by atoms with Gasteiger partial charge in [-0.2, -0.15) is 5.26 Å². The maximum atomic E-state index is 12.7. The zero-order chi connectivity index (χ0) is 21.6. The molecule has 1 N–H and O–H groups in total. The summed E-state index contributed by atoms with van der Waals surface area (Å²) in [5.74, 6) is -0.508. The van der Waals surface area contributed by atoms with Gasteiger partial charge < -0.3 is 19.5 Å². The van der Waals surface area contributed by atoms with Crippen molar-refractivity contribution in [2.24, 2.45) is 0 Å². The number of rotatable bonds is 5. The summed E-state index contributed by atoms with van der Waals surface area (Å²) in [7, 11) is 0. The first kappa shape index (κ1) is 20.3. The van der Waals surface area contributed by atoms with Crippen LogP contribution < -0.4 is 5.32 Å². The molecule has 2 aromatic heterocycles. The van der Waals surface area contributed by atoms with Crippen LogP contribution in [-0.4, -0.2) is 52.6 Å². The molecule has 1 aliphatic heterocycles. The Morgan fingerprint density at radius 3 is 2.74 bits per heavy atom. The van der Waals surface area contributed by atoms with Gasteiger partial charge in [0.1, 0.15) is 18.2 Å². The van der Waals surface area contributed by atoms with E-state index in [4.69, 9.17) is 4.74 Å². The minimum Gasteiger partial charge on any atom is -0.378 e. The molecule has 156 valence electrons. The van der Waals surface area contributed by atoms with Crippen LogP contribution in [0.15, 0.2) is 60.6 Å². The highest BCUT2D eigenvalue weighted by Gasteiger charge is 2.19. The molecule has 0 atom stereocenters. The summed E-state index contributed by atoms with van der Waals surface area (Å²) in [6.45, 7) is 2.43. The fraction of sp³-hybridized carbons (Fsp3) is 0.217. The van der Waals surface area contributed by atoms with Crippen LogP contribution in [0.3, 0.4) is 0 Å². The summed E-state index contributed by atoms with van der Waals surface area (Å²) in [6, 6.07) is 13.0. The van der Waals surface area contributed by atoms with E-state index < -0.39 is 5.91 Å². The van der Waals surface area contributed by atoms with Crippen molar-refractivity contribution in [3.05, 3.63) is 66.1 Å². The summed E-state index contributed by atoms with van der Waals surface area (Å²) in [5, 5.41) is 13.1. The number of para-hydroxylation sites is 1. The number of nitrogens with one attached hydrogen (secondary N) is 1. The second-order valence-electron chi connectivity index (χ2n) is 7.09. The van der Waals surface area contributed by atoms with Gasteiger partial charge in [0.05, 0.1) is 25.1 Å². The number of nitriles is 1. The van der Waals surface area contributed by atoms with Crippen LogP contribution >= 0.6 is 0 Å². The number of amides is 2. The van der Waals surface area contributed by atoms with E-state index in [1.165, 1.54) is 6.20 Å². The van der Waals surface area contributed by atoms with Crippen LogP contribution in [0.4, 0.5) is 5.69 Å². The Hall–Kier alpha value is -3.96. The Kier molecular flexibility index (Phi) is 6.05. The van der Waals surface area contributed by atoms with Crippen LogP contribution in [0.25, 0.3) is 17.0 Å². The van der Waals surface area contributed by atoms with Gasteiger partial charge in [-0.3, -0.25) is 14.6 Å². The second-order valence-corrected chi connectivity index (χ2v) is 7.09. The third-order valence-corrected chi connectivity index (χ3v) is 5.07. The van der Waals surface area contributed by atoms with Crippen molar-refractivity contribution in [1.82, 2.24) is 14.5 Å². The molecule has 1 aliphatic rings. The Morgan fingerprint density at radius 2 is 2.00 bits per heavy atom. The number of hydrogen-bond acceptors (Lipinski definition) is 5. The average Bonchev–Trinajstić information content (AvgIpc) is 3.15. The van der Waals surface area contributed by atoms with Crippen LogP contribution in [0.2, 0.25) is 0 Å². The lowest BCUT2D eigenvalue weighted by Gasteiger charge is -2.27. The van der Waals surface area contributed by atoms with Gasteiger partial charge in [0.15, 0.2) is 0 Å². The topological polar surface area (TPSA) is 100 Å². The van der Waals surface area contributed by atoms with Crippen LogP contribution in [-0.2, 0) is 20.9 Å². The number of benzene rings is 1. The van der Waals surface area contributed by atoms with Crippen molar-refractivity contribution in [3.63, 3.8) is 0 Å². The van der Waals surface area contributed by atoms with Crippen molar-refractivity contribution in [2.75, 3.05) is 31.6 Å². The molecule has 8 nitrogen and oxygen atoms in total. The summed E-state index contributed by atoms with van der Waals surface area (Å²) in [6.07, 6.45) is 6.46. The van der Waals surface area contributed by atoms with Gasteiger partial charge in [-0.1, -0.05) is 18.2 Å². The number of carbonyl (C=O) groups is 2. The number of morpholine rings is 1. The molecule has 8 heteroatoms. The first-order valence-electron chi connectivity index (χ1n) is 9.92. The number of fused-ring (bicyclic) bond motifs is 1. The van der Waals surface area contributed by atoms with Crippen molar-refractivity contribution >= 4 is 34.5 Å². The Labute approximate surface area is 179 Å². The van der Waals surface area contributed by atoms with E-state index >= 15 is 0 Å². The predicted molar refractivity (Wildman–Crippen MR) is 116 cm³/mol. The average molecular weight is 415 g/mol. The van der Waals surface area contributed by atoms with Gasteiger partial charge in [0, 0.05) is 41.9 Å². The maximum Gasteiger partial charge on any atom is 0.266 e. The summed E-state index contributed by atoms with van der Waals surface area (Å²) < 4.78 is 7.17. The quantitative estimate of drug-likeness (QED) is 0.510. The molecule has 1 saturated heterocycles. The van der Waals surface area contributed by atoms with Crippen LogP contribution in [0, 0.1) is 11.3 Å². The molecule has 0 saturated carbocycles. The van der Waals surface area contributed by atoms with E-state index in [0.29, 0.717) is 37.6 Å². The third kappa shape index (κ3) is 4.63. The van der Waals surface area contributed by atoms with E-state index in [0.717, 1.165) is 10.9 Å². The Balaban J connectivity index is 1.61. The minimum atomic E-state index is -0.517.